The number of halogens is 4. The number of anilines is 1. The Balaban J connectivity index is 1.68. The first-order valence-corrected chi connectivity index (χ1v) is 15.5. The maximum Gasteiger partial charge on any atom is 0.133 e. The largest absolute Gasteiger partial charge is 0.380 e. The first kappa shape index (κ1) is 28.1. The number of benzene rings is 2. The van der Waals surface area contributed by atoms with Gasteiger partial charge in [0.15, 0.2) is 0 Å². The van der Waals surface area contributed by atoms with Gasteiger partial charge in [0.25, 0.3) is 0 Å². The summed E-state index contributed by atoms with van der Waals surface area (Å²) in [5, 5.41) is 3.90. The Hall–Kier alpha value is -1.89. The SMILES string of the molecule is CC1Cc2cc(P(C)(C)=O)ccc2C(c2c(F)cc(NC3CN(CCCF)C3)cc2F)N1CC(C)(C)F. The minimum atomic E-state index is -2.52. The van der Waals surface area contributed by atoms with E-state index in [2.05, 4.69) is 10.2 Å². The molecule has 0 spiro atoms. The van der Waals surface area contributed by atoms with Crippen LogP contribution in [0, 0.1) is 11.6 Å². The maximum atomic E-state index is 15.7. The normalized spacial score (nSPS) is 21.5. The Morgan fingerprint density at radius 1 is 1.11 bits per heavy atom. The van der Waals surface area contributed by atoms with Crippen LogP contribution >= 0.6 is 7.14 Å². The van der Waals surface area contributed by atoms with E-state index in [1.165, 1.54) is 26.0 Å². The third-order valence-electron chi connectivity index (χ3n) is 7.30. The predicted molar refractivity (Wildman–Crippen MR) is 143 cm³/mol. The van der Waals surface area contributed by atoms with Crippen molar-refractivity contribution < 1.29 is 22.1 Å². The van der Waals surface area contributed by atoms with E-state index in [1.807, 2.05) is 17.9 Å². The van der Waals surface area contributed by atoms with Crippen molar-refractivity contribution in [2.75, 3.05) is 51.5 Å². The standard InChI is InChI=1S/C28H38F4N3OP/c1-18-11-19-12-22(37(4,5)36)7-8-23(19)27(35(18)17-28(2,3)32)26-24(30)13-20(14-25(26)31)33-21-15-34(16-21)10-6-9-29/h7-8,12-14,18,21,27,33H,6,9-11,15-17H2,1-5H3. The number of likely N-dealkylation sites (tertiary alicyclic amines) is 1. The monoisotopic (exact) mass is 539 g/mol. The van der Waals surface area contributed by atoms with Gasteiger partial charge >= 0.3 is 0 Å². The van der Waals surface area contributed by atoms with Gasteiger partial charge in [0.1, 0.15) is 24.4 Å². The molecule has 2 atom stereocenters. The second-order valence-corrected chi connectivity index (χ2v) is 14.8. The van der Waals surface area contributed by atoms with Gasteiger partial charge in [-0.05, 0) is 76.3 Å². The maximum absolute atomic E-state index is 15.7. The van der Waals surface area contributed by atoms with Crippen LogP contribution in [0.15, 0.2) is 30.3 Å². The summed E-state index contributed by atoms with van der Waals surface area (Å²) >= 11 is 0. The molecule has 0 aliphatic carbocycles. The van der Waals surface area contributed by atoms with E-state index < -0.39 is 30.5 Å². The molecule has 0 saturated carbocycles. The third kappa shape index (κ3) is 6.40. The fourth-order valence-electron chi connectivity index (χ4n) is 5.53. The summed E-state index contributed by atoms with van der Waals surface area (Å²) in [4.78, 5) is 3.93. The summed E-state index contributed by atoms with van der Waals surface area (Å²) in [5.41, 5.74) is 0.267. The lowest BCUT2D eigenvalue weighted by Gasteiger charge is -2.44. The van der Waals surface area contributed by atoms with E-state index in [0.29, 0.717) is 43.7 Å². The number of nitrogens with zero attached hydrogens (tertiary/aromatic N) is 2. The molecule has 0 radical (unpaired) electrons. The van der Waals surface area contributed by atoms with Crippen molar-refractivity contribution in [1.82, 2.24) is 9.80 Å². The van der Waals surface area contributed by atoms with Crippen molar-refractivity contribution in [1.29, 1.82) is 0 Å². The van der Waals surface area contributed by atoms with Gasteiger partial charge in [-0.1, -0.05) is 12.1 Å². The molecule has 2 aliphatic heterocycles. The van der Waals surface area contributed by atoms with Crippen molar-refractivity contribution in [3.63, 3.8) is 0 Å². The fraction of sp³-hybridized carbons (Fsp3) is 0.571. The smallest absolute Gasteiger partial charge is 0.133 e. The number of hydrogen-bond acceptors (Lipinski definition) is 4. The molecule has 2 aliphatic rings. The number of alkyl halides is 2. The van der Waals surface area contributed by atoms with Gasteiger partial charge in [-0.2, -0.15) is 0 Å². The lowest BCUT2D eigenvalue weighted by atomic mass is 9.84. The molecule has 204 valence electrons. The Morgan fingerprint density at radius 3 is 2.32 bits per heavy atom. The molecule has 37 heavy (non-hydrogen) atoms. The average molecular weight is 540 g/mol. The molecule has 0 amide bonds. The van der Waals surface area contributed by atoms with E-state index in [-0.39, 0.29) is 30.9 Å². The van der Waals surface area contributed by atoms with Gasteiger partial charge in [0.2, 0.25) is 0 Å². The minimum Gasteiger partial charge on any atom is -0.380 e. The van der Waals surface area contributed by atoms with E-state index in [4.69, 9.17) is 0 Å². The van der Waals surface area contributed by atoms with E-state index >= 15 is 8.78 Å². The summed E-state index contributed by atoms with van der Waals surface area (Å²) in [7, 11) is -2.52. The summed E-state index contributed by atoms with van der Waals surface area (Å²) in [5.74, 6) is -1.38. The highest BCUT2D eigenvalue weighted by Crippen LogP contribution is 2.43. The van der Waals surface area contributed by atoms with Crippen LogP contribution in [0.2, 0.25) is 0 Å². The van der Waals surface area contributed by atoms with Gasteiger partial charge < -0.3 is 9.88 Å². The lowest BCUT2D eigenvalue weighted by Crippen LogP contribution is -2.54. The molecule has 2 aromatic rings. The number of rotatable bonds is 9. The fourth-order valence-corrected chi connectivity index (χ4v) is 6.43. The van der Waals surface area contributed by atoms with E-state index in [1.54, 1.807) is 25.5 Å². The van der Waals surface area contributed by atoms with Crippen LogP contribution in [-0.2, 0) is 11.0 Å². The van der Waals surface area contributed by atoms with Crippen LogP contribution < -0.4 is 10.6 Å². The molecule has 0 bridgehead atoms. The zero-order valence-corrected chi connectivity index (χ0v) is 23.2. The molecule has 2 unspecified atom stereocenters. The lowest BCUT2D eigenvalue weighted by molar-refractivity contribution is 0.0653. The second-order valence-electron chi connectivity index (χ2n) is 11.6. The zero-order chi connectivity index (χ0) is 27.1. The number of nitrogens with one attached hydrogen (secondary N) is 1. The average Bonchev–Trinajstić information content (AvgIpc) is 2.74. The van der Waals surface area contributed by atoms with Crippen molar-refractivity contribution in [2.24, 2.45) is 0 Å². The predicted octanol–water partition coefficient (Wildman–Crippen LogP) is 5.75. The Morgan fingerprint density at radius 2 is 1.76 bits per heavy atom. The quantitative estimate of drug-likeness (QED) is 0.325. The van der Waals surface area contributed by atoms with Crippen molar-refractivity contribution in [3.8, 4) is 0 Å². The molecule has 1 N–H and O–H groups in total. The highest BCUT2D eigenvalue weighted by atomic mass is 31.2. The van der Waals surface area contributed by atoms with Crippen LogP contribution in [0.4, 0.5) is 23.2 Å². The Kier molecular flexibility index (Phi) is 8.14. The minimum absolute atomic E-state index is 0.00967. The van der Waals surface area contributed by atoms with Gasteiger partial charge in [-0.3, -0.25) is 14.2 Å². The highest BCUT2D eigenvalue weighted by molar-refractivity contribution is 7.70. The van der Waals surface area contributed by atoms with Gasteiger partial charge in [-0.25, -0.2) is 13.2 Å². The van der Waals surface area contributed by atoms with Gasteiger partial charge in [-0.15, -0.1) is 0 Å². The van der Waals surface area contributed by atoms with Crippen LogP contribution in [-0.4, -0.2) is 73.7 Å². The molecule has 4 rings (SSSR count). The number of fused-ring (bicyclic) bond motifs is 1. The molecular weight excluding hydrogens is 501 g/mol. The van der Waals surface area contributed by atoms with Crippen molar-refractivity contribution in [3.05, 3.63) is 58.7 Å². The molecule has 9 heteroatoms. The van der Waals surface area contributed by atoms with Gasteiger partial charge in [0.05, 0.1) is 18.8 Å². The summed E-state index contributed by atoms with van der Waals surface area (Å²) < 4.78 is 71.4. The Bertz CT molecular complexity index is 1150. The van der Waals surface area contributed by atoms with E-state index in [0.717, 1.165) is 10.9 Å². The Labute approximate surface area is 217 Å². The van der Waals surface area contributed by atoms with Crippen LogP contribution in [0.1, 0.15) is 49.9 Å². The van der Waals surface area contributed by atoms with Crippen molar-refractivity contribution in [2.45, 2.75) is 57.4 Å². The summed E-state index contributed by atoms with van der Waals surface area (Å²) in [6, 6.07) is 7.10. The van der Waals surface area contributed by atoms with Crippen LogP contribution in [0.5, 0.6) is 0 Å². The molecule has 1 fully saturated rings. The van der Waals surface area contributed by atoms with E-state index in [9.17, 15) is 13.3 Å². The molecule has 2 heterocycles. The van der Waals surface area contributed by atoms with Crippen LogP contribution in [0.3, 0.4) is 0 Å². The highest BCUT2D eigenvalue weighted by Gasteiger charge is 2.39. The molecule has 4 nitrogen and oxygen atoms in total. The third-order valence-corrected chi connectivity index (χ3v) is 8.82. The van der Waals surface area contributed by atoms with Crippen LogP contribution in [0.25, 0.3) is 0 Å². The van der Waals surface area contributed by atoms with Gasteiger partial charge in [0, 0.05) is 48.8 Å². The molecular formula is C28H38F4N3OP. The zero-order valence-electron chi connectivity index (χ0n) is 22.3. The summed E-state index contributed by atoms with van der Waals surface area (Å²) in [6.07, 6.45) is 1.05. The molecule has 0 aromatic heterocycles. The summed E-state index contributed by atoms with van der Waals surface area (Å²) in [6.45, 7) is 9.97. The molecule has 2 aromatic carbocycles. The van der Waals surface area contributed by atoms with Crippen molar-refractivity contribution >= 4 is 18.1 Å². The second kappa shape index (κ2) is 10.7. The topological polar surface area (TPSA) is 35.6 Å². The molecule has 1 saturated heterocycles. The first-order valence-electron chi connectivity index (χ1n) is 12.9. The number of hydrogen-bond donors (Lipinski definition) is 1. The first-order chi connectivity index (χ1) is 17.3.